The molecule has 0 saturated carbocycles. The molecule has 6 rings (SSSR count). The topological polar surface area (TPSA) is 69.1 Å². The Morgan fingerprint density at radius 1 is 1.10 bits per heavy atom. The molecule has 0 spiro atoms. The van der Waals surface area contributed by atoms with Gasteiger partial charge in [-0.1, -0.05) is 32.0 Å². The Morgan fingerprint density at radius 2 is 1.86 bits per heavy atom. The number of nitrogens with zero attached hydrogens (tertiary/aromatic N) is 4. The number of aryl methyl sites for hydroxylation is 1. The molecule has 3 aromatic rings. The van der Waals surface area contributed by atoms with Gasteiger partial charge in [0.1, 0.15) is 5.82 Å². The second-order valence-corrected chi connectivity index (χ2v) is 12.5. The zero-order valence-electron chi connectivity index (χ0n) is 25.2. The van der Waals surface area contributed by atoms with Gasteiger partial charge in [0.05, 0.1) is 49.7 Å². The maximum absolute atomic E-state index is 14.5. The highest BCUT2D eigenvalue weighted by atomic mass is 19.1. The molecule has 3 fully saturated rings. The largest absolute Gasteiger partial charge is 0.377 e. The number of carbonyl (C=O) groups is 1. The van der Waals surface area contributed by atoms with Gasteiger partial charge in [-0.3, -0.25) is 14.4 Å². The lowest BCUT2D eigenvalue weighted by Crippen LogP contribution is -2.54. The molecular weight excluding hydrogens is 535 g/mol. The molecule has 3 aliphatic heterocycles. The summed E-state index contributed by atoms with van der Waals surface area (Å²) in [4.78, 5) is 18.1. The normalized spacial score (nSPS) is 21.4. The van der Waals surface area contributed by atoms with Crippen molar-refractivity contribution in [1.29, 1.82) is 0 Å². The number of rotatable bonds is 9. The molecule has 1 amide bonds. The number of halogens is 1. The Kier molecular flexibility index (Phi) is 8.63. The lowest BCUT2D eigenvalue weighted by molar-refractivity contribution is -0.0585. The van der Waals surface area contributed by atoms with Gasteiger partial charge in [-0.15, -0.1) is 0 Å². The Balaban J connectivity index is 1.21. The molecule has 0 N–H and O–H groups in total. The van der Waals surface area contributed by atoms with Crippen LogP contribution in [0.3, 0.4) is 0 Å². The highest BCUT2D eigenvalue weighted by molar-refractivity contribution is 6.06. The van der Waals surface area contributed by atoms with E-state index in [1.54, 1.807) is 11.0 Å². The van der Waals surface area contributed by atoms with Crippen LogP contribution in [0.4, 0.5) is 4.39 Å². The van der Waals surface area contributed by atoms with E-state index in [0.29, 0.717) is 56.4 Å². The first-order valence-corrected chi connectivity index (χ1v) is 15.4. The zero-order chi connectivity index (χ0) is 29.4. The SMILES string of the molecule is CC(C)[C@@H](CCC1OCCO1)N1CC(Cc2ccc(-c3ccc(F)cc3C(=O)N3CCOC[C@H]3C)c3cnn(C)c23)C1. The summed E-state index contributed by atoms with van der Waals surface area (Å²) in [5.41, 5.74) is 4.34. The van der Waals surface area contributed by atoms with Crippen molar-refractivity contribution in [3.8, 4) is 11.1 Å². The number of fused-ring (bicyclic) bond motifs is 1. The maximum Gasteiger partial charge on any atom is 0.254 e. The number of ether oxygens (including phenoxy) is 3. The number of hydrogen-bond acceptors (Lipinski definition) is 6. The molecule has 3 saturated heterocycles. The summed E-state index contributed by atoms with van der Waals surface area (Å²) in [5, 5.41) is 5.60. The fraction of sp³-hybridized carbons (Fsp3) is 0.576. The molecule has 42 heavy (non-hydrogen) atoms. The van der Waals surface area contributed by atoms with Crippen molar-refractivity contribution in [3.05, 3.63) is 53.5 Å². The summed E-state index contributed by atoms with van der Waals surface area (Å²) in [6.45, 7) is 11.6. The summed E-state index contributed by atoms with van der Waals surface area (Å²) in [6.07, 6.45) is 4.82. The molecule has 1 aromatic heterocycles. The van der Waals surface area contributed by atoms with Crippen molar-refractivity contribution < 1.29 is 23.4 Å². The quantitative estimate of drug-likeness (QED) is 0.360. The van der Waals surface area contributed by atoms with E-state index < -0.39 is 5.82 Å². The van der Waals surface area contributed by atoms with Gasteiger partial charge in [0.15, 0.2) is 6.29 Å². The molecule has 0 bridgehead atoms. The van der Waals surface area contributed by atoms with E-state index in [2.05, 4.69) is 36.0 Å². The van der Waals surface area contributed by atoms with E-state index >= 15 is 0 Å². The van der Waals surface area contributed by atoms with Crippen molar-refractivity contribution in [2.75, 3.05) is 46.1 Å². The van der Waals surface area contributed by atoms with Crippen molar-refractivity contribution in [2.24, 2.45) is 18.9 Å². The van der Waals surface area contributed by atoms with Crippen molar-refractivity contribution >= 4 is 16.8 Å². The second-order valence-electron chi connectivity index (χ2n) is 12.5. The number of hydrogen-bond donors (Lipinski definition) is 0. The van der Waals surface area contributed by atoms with Gasteiger partial charge in [-0.05, 0) is 66.8 Å². The van der Waals surface area contributed by atoms with Crippen molar-refractivity contribution in [1.82, 2.24) is 19.6 Å². The highest BCUT2D eigenvalue weighted by Crippen LogP contribution is 2.36. The second kappa shape index (κ2) is 12.4. The minimum atomic E-state index is -0.417. The molecule has 0 aliphatic carbocycles. The van der Waals surface area contributed by atoms with Gasteiger partial charge in [0.25, 0.3) is 5.91 Å². The van der Waals surface area contributed by atoms with E-state index in [0.717, 1.165) is 54.4 Å². The summed E-state index contributed by atoms with van der Waals surface area (Å²) in [5.74, 6) is 0.560. The van der Waals surface area contributed by atoms with Crippen LogP contribution in [-0.4, -0.2) is 89.9 Å². The van der Waals surface area contributed by atoms with Gasteiger partial charge in [-0.25, -0.2) is 4.39 Å². The first kappa shape index (κ1) is 29.2. The summed E-state index contributed by atoms with van der Waals surface area (Å²) in [7, 11) is 1.97. The fourth-order valence-corrected chi connectivity index (χ4v) is 7.02. The number of benzene rings is 2. The van der Waals surface area contributed by atoms with Crippen LogP contribution in [0.15, 0.2) is 36.5 Å². The van der Waals surface area contributed by atoms with Gasteiger partial charge in [-0.2, -0.15) is 5.10 Å². The van der Waals surface area contributed by atoms with E-state index in [1.165, 1.54) is 17.7 Å². The lowest BCUT2D eigenvalue weighted by Gasteiger charge is -2.46. The molecule has 3 aliphatic rings. The van der Waals surface area contributed by atoms with Crippen molar-refractivity contribution in [2.45, 2.75) is 58.4 Å². The fourth-order valence-electron chi connectivity index (χ4n) is 7.02. The van der Waals surface area contributed by atoms with E-state index in [4.69, 9.17) is 14.2 Å². The standard InChI is InChI=1S/C33H43FN4O4/c1-21(2)30(9-10-31-41-13-14-42-31)37-18-23(19-37)15-24-5-7-27(29-17-35-36(4)32(24)29)26-8-6-25(34)16-28(26)33(39)38-11-12-40-20-22(38)3/h5-8,16-17,21-23,30-31H,9-15,18-20H2,1-4H3/t22-,30-/m1/s1. The first-order valence-electron chi connectivity index (χ1n) is 15.4. The smallest absolute Gasteiger partial charge is 0.254 e. The van der Waals surface area contributed by atoms with Crippen molar-refractivity contribution in [3.63, 3.8) is 0 Å². The third-order valence-electron chi connectivity index (χ3n) is 9.24. The van der Waals surface area contributed by atoms with Crippen LogP contribution in [0, 0.1) is 17.7 Å². The van der Waals surface area contributed by atoms with Crippen LogP contribution >= 0.6 is 0 Å². The highest BCUT2D eigenvalue weighted by Gasteiger charge is 2.35. The number of carbonyl (C=O) groups excluding carboxylic acids is 1. The Labute approximate surface area is 247 Å². The Hall–Kier alpha value is -2.85. The number of likely N-dealkylation sites (tertiary alicyclic amines) is 1. The van der Waals surface area contributed by atoms with Gasteiger partial charge in [0, 0.05) is 38.1 Å². The lowest BCUT2D eigenvalue weighted by atomic mass is 9.85. The third-order valence-corrected chi connectivity index (χ3v) is 9.24. The molecule has 2 aromatic carbocycles. The van der Waals surface area contributed by atoms with Crippen LogP contribution in [0.25, 0.3) is 22.0 Å². The third kappa shape index (κ3) is 5.84. The minimum absolute atomic E-state index is 0.0471. The molecular formula is C33H43FN4O4. The first-order chi connectivity index (χ1) is 20.3. The van der Waals surface area contributed by atoms with Gasteiger partial charge < -0.3 is 19.1 Å². The van der Waals surface area contributed by atoms with Crippen LogP contribution in [0.5, 0.6) is 0 Å². The van der Waals surface area contributed by atoms with E-state index in [9.17, 15) is 9.18 Å². The number of aromatic nitrogens is 2. The summed E-state index contributed by atoms with van der Waals surface area (Å²) >= 11 is 0. The Bertz CT molecular complexity index is 1410. The minimum Gasteiger partial charge on any atom is -0.377 e. The average Bonchev–Trinajstić information content (AvgIpc) is 3.62. The molecule has 4 heterocycles. The molecule has 0 unspecified atom stereocenters. The van der Waals surface area contributed by atoms with Crippen LogP contribution in [0.1, 0.15) is 49.5 Å². The molecule has 0 radical (unpaired) electrons. The molecule has 2 atom stereocenters. The van der Waals surface area contributed by atoms with Crippen LogP contribution in [0.2, 0.25) is 0 Å². The van der Waals surface area contributed by atoms with Crippen LogP contribution in [-0.2, 0) is 27.7 Å². The van der Waals surface area contributed by atoms with E-state index in [1.807, 2.05) is 24.9 Å². The van der Waals surface area contributed by atoms with Crippen LogP contribution < -0.4 is 0 Å². The molecule has 8 nitrogen and oxygen atoms in total. The monoisotopic (exact) mass is 578 g/mol. The molecule has 226 valence electrons. The predicted molar refractivity (Wildman–Crippen MR) is 160 cm³/mol. The summed E-state index contributed by atoms with van der Waals surface area (Å²) < 4.78 is 33.3. The van der Waals surface area contributed by atoms with Gasteiger partial charge >= 0.3 is 0 Å². The van der Waals surface area contributed by atoms with E-state index in [-0.39, 0.29) is 18.2 Å². The predicted octanol–water partition coefficient (Wildman–Crippen LogP) is 4.89. The number of morpholine rings is 1. The number of amides is 1. The Morgan fingerprint density at radius 3 is 2.60 bits per heavy atom. The summed E-state index contributed by atoms with van der Waals surface area (Å²) in [6, 6.07) is 9.25. The molecule has 9 heteroatoms. The van der Waals surface area contributed by atoms with Gasteiger partial charge in [0.2, 0.25) is 0 Å². The zero-order valence-corrected chi connectivity index (χ0v) is 25.2. The average molecular weight is 579 g/mol. The maximum atomic E-state index is 14.5.